The number of amides is 2. The molecular formula is C19H27N5O4S. The molecule has 1 spiro atoms. The topological polar surface area (TPSA) is 88.1 Å². The summed E-state index contributed by atoms with van der Waals surface area (Å²) in [6.45, 7) is 4.94. The van der Waals surface area contributed by atoms with E-state index in [9.17, 15) is 9.59 Å². The summed E-state index contributed by atoms with van der Waals surface area (Å²) < 4.78 is 11.5. The van der Waals surface area contributed by atoms with Gasteiger partial charge in [-0.2, -0.15) is 0 Å². The summed E-state index contributed by atoms with van der Waals surface area (Å²) in [7, 11) is 0. The lowest BCUT2D eigenvalue weighted by Crippen LogP contribution is -2.51. The number of aromatic nitrogens is 2. The molecule has 5 rings (SSSR count). The molecular weight excluding hydrogens is 394 g/mol. The van der Waals surface area contributed by atoms with Crippen molar-refractivity contribution in [2.24, 2.45) is 5.92 Å². The van der Waals surface area contributed by atoms with Gasteiger partial charge in [-0.25, -0.2) is 0 Å². The Morgan fingerprint density at radius 1 is 1.03 bits per heavy atom. The van der Waals surface area contributed by atoms with Crippen LogP contribution in [0.3, 0.4) is 0 Å². The van der Waals surface area contributed by atoms with Crippen LogP contribution in [0, 0.1) is 5.92 Å². The molecule has 0 aliphatic carbocycles. The Morgan fingerprint density at radius 3 is 2.52 bits per heavy atom. The fourth-order valence-electron chi connectivity index (χ4n) is 4.76. The van der Waals surface area contributed by atoms with Gasteiger partial charge in [-0.3, -0.25) is 14.5 Å². The Balaban J connectivity index is 1.20. The van der Waals surface area contributed by atoms with Crippen molar-refractivity contribution in [2.75, 3.05) is 55.7 Å². The molecule has 5 heterocycles. The number of hydrogen-bond donors (Lipinski definition) is 0. The van der Waals surface area contributed by atoms with E-state index in [-0.39, 0.29) is 17.7 Å². The molecule has 0 radical (unpaired) electrons. The summed E-state index contributed by atoms with van der Waals surface area (Å²) in [4.78, 5) is 30.9. The average Bonchev–Trinajstić information content (AvgIpc) is 3.50. The molecule has 10 heteroatoms. The number of carbonyl (C=O) groups excluding carboxylic acids is 2. The van der Waals surface area contributed by atoms with E-state index in [0.29, 0.717) is 44.4 Å². The van der Waals surface area contributed by atoms with Crippen LogP contribution < -0.4 is 9.80 Å². The summed E-state index contributed by atoms with van der Waals surface area (Å²) in [6.07, 6.45) is 4.82. The summed E-state index contributed by atoms with van der Waals surface area (Å²) in [5.74, 6) is -0.130. The van der Waals surface area contributed by atoms with Crippen LogP contribution in [0.4, 0.5) is 10.3 Å². The molecule has 2 amide bonds. The van der Waals surface area contributed by atoms with Gasteiger partial charge in [-0.15, -0.1) is 10.2 Å². The number of ether oxygens (including phenoxy) is 2. The molecule has 0 bridgehead atoms. The second-order valence-corrected chi connectivity index (χ2v) is 9.17. The quantitative estimate of drug-likeness (QED) is 0.726. The Morgan fingerprint density at radius 2 is 1.79 bits per heavy atom. The number of piperidine rings is 2. The molecule has 158 valence electrons. The lowest BCUT2D eigenvalue weighted by atomic mass is 9.95. The van der Waals surface area contributed by atoms with E-state index >= 15 is 0 Å². The highest BCUT2D eigenvalue weighted by Gasteiger charge is 2.42. The zero-order valence-corrected chi connectivity index (χ0v) is 17.4. The predicted octanol–water partition coefficient (Wildman–Crippen LogP) is 1.25. The highest BCUT2D eigenvalue weighted by Crippen LogP contribution is 2.34. The van der Waals surface area contributed by atoms with Gasteiger partial charge in [-0.1, -0.05) is 11.3 Å². The first-order valence-corrected chi connectivity index (χ1v) is 11.4. The van der Waals surface area contributed by atoms with Gasteiger partial charge in [0, 0.05) is 52.0 Å². The van der Waals surface area contributed by atoms with E-state index in [0.717, 1.165) is 50.3 Å². The number of likely N-dealkylation sites (tertiary alicyclic amines) is 1. The molecule has 4 fully saturated rings. The van der Waals surface area contributed by atoms with Crippen LogP contribution in [0.25, 0.3) is 0 Å². The molecule has 29 heavy (non-hydrogen) atoms. The zero-order valence-electron chi connectivity index (χ0n) is 16.5. The van der Waals surface area contributed by atoms with Gasteiger partial charge in [0.2, 0.25) is 22.1 Å². The number of hydrogen-bond acceptors (Lipinski definition) is 8. The fraction of sp³-hybridized carbons (Fsp3) is 0.789. The third-order valence-corrected chi connectivity index (χ3v) is 7.41. The van der Waals surface area contributed by atoms with Crippen molar-refractivity contribution in [2.45, 2.75) is 44.3 Å². The monoisotopic (exact) mass is 421 g/mol. The van der Waals surface area contributed by atoms with Crippen molar-refractivity contribution >= 4 is 33.4 Å². The van der Waals surface area contributed by atoms with Gasteiger partial charge < -0.3 is 19.3 Å². The first-order valence-electron chi connectivity index (χ1n) is 10.6. The van der Waals surface area contributed by atoms with Gasteiger partial charge in [0.15, 0.2) is 5.79 Å². The minimum Gasteiger partial charge on any atom is -0.347 e. The molecule has 0 aromatic carbocycles. The lowest BCUT2D eigenvalue weighted by Gasteiger charge is -2.40. The number of carbonyl (C=O) groups is 2. The highest BCUT2D eigenvalue weighted by atomic mass is 32.1. The molecule has 1 unspecified atom stereocenters. The maximum atomic E-state index is 13.1. The van der Waals surface area contributed by atoms with Gasteiger partial charge in [-0.05, 0) is 19.3 Å². The minimum absolute atomic E-state index is 0.0241. The third kappa shape index (κ3) is 3.73. The van der Waals surface area contributed by atoms with Crippen LogP contribution >= 0.6 is 11.3 Å². The Labute approximate surface area is 173 Å². The van der Waals surface area contributed by atoms with Crippen molar-refractivity contribution in [3.8, 4) is 0 Å². The Bertz CT molecular complexity index is 770. The van der Waals surface area contributed by atoms with E-state index in [1.54, 1.807) is 4.90 Å². The first-order chi connectivity index (χ1) is 14.1. The smallest absolute Gasteiger partial charge is 0.228 e. The van der Waals surface area contributed by atoms with E-state index in [1.165, 1.54) is 11.3 Å². The largest absolute Gasteiger partial charge is 0.347 e. The molecule has 4 saturated heterocycles. The van der Waals surface area contributed by atoms with E-state index in [4.69, 9.17) is 9.47 Å². The van der Waals surface area contributed by atoms with Gasteiger partial charge >= 0.3 is 0 Å². The highest BCUT2D eigenvalue weighted by molar-refractivity contribution is 7.19. The second kappa shape index (κ2) is 7.81. The standard InChI is InChI=1S/C19H27N5O4S/c25-15-4-2-8-24(15)18-21-20-17(29-18)23-7-1-3-14(13-23)16(26)22-9-5-19(6-10-22)27-11-12-28-19/h14H,1-13H2. The van der Waals surface area contributed by atoms with Gasteiger partial charge in [0.1, 0.15) is 0 Å². The average molecular weight is 422 g/mol. The molecule has 1 aromatic rings. The second-order valence-electron chi connectivity index (χ2n) is 8.23. The third-order valence-electron chi connectivity index (χ3n) is 6.40. The Hall–Kier alpha value is -1.78. The molecule has 9 nitrogen and oxygen atoms in total. The van der Waals surface area contributed by atoms with Crippen LogP contribution in [-0.2, 0) is 19.1 Å². The summed E-state index contributed by atoms with van der Waals surface area (Å²) in [5, 5.41) is 10.0. The van der Waals surface area contributed by atoms with Gasteiger partial charge in [0.05, 0.1) is 19.1 Å². The van der Waals surface area contributed by atoms with Crippen molar-refractivity contribution in [1.82, 2.24) is 15.1 Å². The summed E-state index contributed by atoms with van der Waals surface area (Å²) >= 11 is 1.45. The van der Waals surface area contributed by atoms with Crippen LogP contribution in [0.2, 0.25) is 0 Å². The lowest BCUT2D eigenvalue weighted by molar-refractivity contribution is -0.188. The summed E-state index contributed by atoms with van der Waals surface area (Å²) in [6, 6.07) is 0. The predicted molar refractivity (Wildman–Crippen MR) is 107 cm³/mol. The Kier molecular flexibility index (Phi) is 5.17. The van der Waals surface area contributed by atoms with Crippen LogP contribution in [0.5, 0.6) is 0 Å². The molecule has 4 aliphatic heterocycles. The SMILES string of the molecule is O=C(C1CCCN(c2nnc(N3CCCC3=O)s2)C1)N1CCC2(CC1)OCCO2. The van der Waals surface area contributed by atoms with Crippen molar-refractivity contribution in [3.05, 3.63) is 0 Å². The molecule has 0 N–H and O–H groups in total. The van der Waals surface area contributed by atoms with E-state index in [1.807, 2.05) is 4.90 Å². The van der Waals surface area contributed by atoms with Crippen LogP contribution in [0.1, 0.15) is 38.5 Å². The maximum Gasteiger partial charge on any atom is 0.228 e. The van der Waals surface area contributed by atoms with E-state index < -0.39 is 5.79 Å². The normalized spacial score (nSPS) is 27.2. The maximum absolute atomic E-state index is 13.1. The molecule has 1 aromatic heterocycles. The molecule has 1 atom stereocenters. The van der Waals surface area contributed by atoms with Crippen LogP contribution in [-0.4, -0.2) is 78.6 Å². The zero-order chi connectivity index (χ0) is 19.8. The van der Waals surface area contributed by atoms with Crippen molar-refractivity contribution in [3.63, 3.8) is 0 Å². The first kappa shape index (κ1) is 19.2. The summed E-state index contributed by atoms with van der Waals surface area (Å²) in [5.41, 5.74) is 0. The number of nitrogens with zero attached hydrogens (tertiary/aromatic N) is 5. The molecule has 0 saturated carbocycles. The van der Waals surface area contributed by atoms with Crippen molar-refractivity contribution < 1.29 is 19.1 Å². The van der Waals surface area contributed by atoms with E-state index in [2.05, 4.69) is 15.1 Å². The van der Waals surface area contributed by atoms with Gasteiger partial charge in [0.25, 0.3) is 0 Å². The molecule has 4 aliphatic rings. The number of rotatable bonds is 3. The van der Waals surface area contributed by atoms with Crippen molar-refractivity contribution in [1.29, 1.82) is 0 Å². The number of anilines is 2. The minimum atomic E-state index is -0.453. The van der Waals surface area contributed by atoms with Crippen LogP contribution in [0.15, 0.2) is 0 Å². The fourth-order valence-corrected chi connectivity index (χ4v) is 5.68.